The second-order valence-electron chi connectivity index (χ2n) is 8.43. The van der Waals surface area contributed by atoms with Gasteiger partial charge in [0.2, 0.25) is 0 Å². The number of hydrogen-bond acceptors (Lipinski definition) is 5. The highest BCUT2D eigenvalue weighted by atomic mass is 16.5. The van der Waals surface area contributed by atoms with Gasteiger partial charge in [0, 0.05) is 12.1 Å². The lowest BCUT2D eigenvalue weighted by molar-refractivity contribution is -0.140. The molecule has 182 valence electrons. The summed E-state index contributed by atoms with van der Waals surface area (Å²) < 4.78 is 5.56. The zero-order valence-corrected chi connectivity index (χ0v) is 20.7. The second-order valence-corrected chi connectivity index (χ2v) is 8.43. The Kier molecular flexibility index (Phi) is 8.88. The van der Waals surface area contributed by atoms with E-state index in [-0.39, 0.29) is 11.3 Å². The average molecular weight is 465 g/mol. The van der Waals surface area contributed by atoms with Gasteiger partial charge >= 0.3 is 0 Å². The normalized spacial score (nSPS) is 17.6. The van der Waals surface area contributed by atoms with Crippen LogP contribution in [0.5, 0.6) is 5.75 Å². The van der Waals surface area contributed by atoms with E-state index in [2.05, 4.69) is 25.7 Å². The van der Waals surface area contributed by atoms with Crippen molar-refractivity contribution in [3.8, 4) is 5.75 Å². The summed E-state index contributed by atoms with van der Waals surface area (Å²) in [4.78, 5) is 30.3. The number of benzene rings is 2. The Hall–Kier alpha value is -3.12. The van der Waals surface area contributed by atoms with Gasteiger partial charge in [0.25, 0.3) is 11.7 Å². The maximum atomic E-state index is 13.2. The van der Waals surface area contributed by atoms with Gasteiger partial charge in [-0.15, -0.1) is 0 Å². The lowest BCUT2D eigenvalue weighted by atomic mass is 9.94. The van der Waals surface area contributed by atoms with Crippen LogP contribution < -0.4 is 4.74 Å². The van der Waals surface area contributed by atoms with Gasteiger partial charge in [-0.25, -0.2) is 0 Å². The highest BCUT2D eigenvalue weighted by molar-refractivity contribution is 6.46. The molecular formula is C28H36N2O4. The van der Waals surface area contributed by atoms with E-state index in [9.17, 15) is 14.7 Å². The highest BCUT2D eigenvalue weighted by Crippen LogP contribution is 2.40. The van der Waals surface area contributed by atoms with Crippen LogP contribution in [0.2, 0.25) is 0 Å². The van der Waals surface area contributed by atoms with Crippen molar-refractivity contribution in [3.63, 3.8) is 0 Å². The molecule has 6 nitrogen and oxygen atoms in total. The molecule has 3 rings (SSSR count). The van der Waals surface area contributed by atoms with Crippen molar-refractivity contribution in [2.75, 3.05) is 32.8 Å². The van der Waals surface area contributed by atoms with Crippen LogP contribution >= 0.6 is 0 Å². The van der Waals surface area contributed by atoms with Gasteiger partial charge in [-0.2, -0.15) is 0 Å². The van der Waals surface area contributed by atoms with Crippen LogP contribution in [-0.2, 0) is 16.0 Å². The minimum atomic E-state index is -0.647. The Balaban J connectivity index is 2.03. The number of likely N-dealkylation sites (tertiary alicyclic amines) is 1. The van der Waals surface area contributed by atoms with Crippen molar-refractivity contribution in [1.29, 1.82) is 0 Å². The Morgan fingerprint density at radius 1 is 1.03 bits per heavy atom. The van der Waals surface area contributed by atoms with E-state index in [1.807, 2.05) is 31.2 Å². The number of aliphatic hydroxyl groups is 1. The number of aliphatic hydroxyl groups excluding tert-OH is 1. The molecule has 34 heavy (non-hydrogen) atoms. The first-order chi connectivity index (χ1) is 16.4. The van der Waals surface area contributed by atoms with Crippen molar-refractivity contribution in [3.05, 3.63) is 70.8 Å². The predicted octanol–water partition coefficient (Wildman–Crippen LogP) is 4.80. The van der Waals surface area contributed by atoms with E-state index in [4.69, 9.17) is 4.74 Å². The predicted molar refractivity (Wildman–Crippen MR) is 135 cm³/mol. The molecule has 0 radical (unpaired) electrons. The molecule has 1 amide bonds. The molecule has 6 heteroatoms. The van der Waals surface area contributed by atoms with Gasteiger partial charge < -0.3 is 19.6 Å². The van der Waals surface area contributed by atoms with Gasteiger partial charge in [-0.1, -0.05) is 57.2 Å². The lowest BCUT2D eigenvalue weighted by Crippen LogP contribution is -2.33. The third-order valence-corrected chi connectivity index (χ3v) is 6.43. The largest absolute Gasteiger partial charge is 0.507 e. The molecule has 1 unspecified atom stereocenters. The Morgan fingerprint density at radius 3 is 2.35 bits per heavy atom. The zero-order valence-electron chi connectivity index (χ0n) is 20.7. The summed E-state index contributed by atoms with van der Waals surface area (Å²) in [5, 5.41) is 11.3. The van der Waals surface area contributed by atoms with Crippen LogP contribution in [0.1, 0.15) is 56.8 Å². The number of nitrogens with zero attached hydrogens (tertiary/aromatic N) is 2. The van der Waals surface area contributed by atoms with Gasteiger partial charge in [0.05, 0.1) is 18.2 Å². The molecule has 1 fully saturated rings. The molecule has 1 aliphatic rings. The smallest absolute Gasteiger partial charge is 0.295 e. The minimum Gasteiger partial charge on any atom is -0.507 e. The first-order valence-corrected chi connectivity index (χ1v) is 12.3. The summed E-state index contributed by atoms with van der Waals surface area (Å²) >= 11 is 0. The number of ether oxygens (including phenoxy) is 1. The van der Waals surface area contributed by atoms with Gasteiger partial charge in [-0.05, 0) is 62.7 Å². The van der Waals surface area contributed by atoms with E-state index in [1.54, 1.807) is 29.2 Å². The number of rotatable bonds is 11. The van der Waals surface area contributed by atoms with Gasteiger partial charge in [0.15, 0.2) is 0 Å². The maximum absolute atomic E-state index is 13.2. The molecule has 2 aromatic rings. The summed E-state index contributed by atoms with van der Waals surface area (Å²) in [7, 11) is 0. The molecule has 1 atom stereocenters. The molecule has 0 aliphatic carbocycles. The first-order valence-electron chi connectivity index (χ1n) is 12.3. The summed E-state index contributed by atoms with van der Waals surface area (Å²) in [6.07, 6.45) is 1.65. The van der Waals surface area contributed by atoms with Crippen LogP contribution in [0.4, 0.5) is 0 Å². The molecule has 1 aliphatic heterocycles. The van der Waals surface area contributed by atoms with Gasteiger partial charge in [-0.3, -0.25) is 9.59 Å². The second kappa shape index (κ2) is 11.8. The minimum absolute atomic E-state index is 0.130. The monoisotopic (exact) mass is 464 g/mol. The molecule has 1 heterocycles. The summed E-state index contributed by atoms with van der Waals surface area (Å²) in [6.45, 7) is 11.8. The van der Waals surface area contributed by atoms with Crippen LogP contribution in [0.15, 0.2) is 54.1 Å². The quantitative estimate of drug-likeness (QED) is 0.294. The van der Waals surface area contributed by atoms with E-state index < -0.39 is 17.7 Å². The molecule has 0 bridgehead atoms. The number of hydrogen-bond donors (Lipinski definition) is 1. The molecule has 1 saturated heterocycles. The third-order valence-electron chi connectivity index (χ3n) is 6.43. The summed E-state index contributed by atoms with van der Waals surface area (Å²) in [6, 6.07) is 14.3. The van der Waals surface area contributed by atoms with Crippen LogP contribution in [0, 0.1) is 0 Å². The van der Waals surface area contributed by atoms with E-state index in [1.165, 1.54) is 5.56 Å². The van der Waals surface area contributed by atoms with Crippen molar-refractivity contribution >= 4 is 17.4 Å². The standard InChI is InChI=1S/C28H36N2O4/c1-5-20-13-15-21(16-14-20)25-24(26(31)22-11-9-12-23(19-22)34-8-4)27(32)28(33)30(25)18-10-17-29(6-2)7-3/h9,11-16,19,25,31H,5-8,10,17-18H2,1-4H3. The Labute approximate surface area is 202 Å². The number of carbonyl (C=O) groups excluding carboxylic acids is 2. The SMILES string of the molecule is CCOc1cccc(C(O)=C2C(=O)C(=O)N(CCCN(CC)CC)C2c2ccc(CC)cc2)c1. The molecule has 1 N–H and O–H groups in total. The summed E-state index contributed by atoms with van der Waals surface area (Å²) in [5.74, 6) is -0.780. The number of amides is 1. The fourth-order valence-corrected chi connectivity index (χ4v) is 4.45. The van der Waals surface area contributed by atoms with Crippen molar-refractivity contribution in [2.24, 2.45) is 0 Å². The topological polar surface area (TPSA) is 70.1 Å². The van der Waals surface area contributed by atoms with E-state index in [0.29, 0.717) is 24.5 Å². The molecule has 2 aromatic carbocycles. The van der Waals surface area contributed by atoms with Crippen LogP contribution in [0.25, 0.3) is 5.76 Å². The Bertz CT molecular complexity index is 1020. The highest BCUT2D eigenvalue weighted by Gasteiger charge is 2.45. The Morgan fingerprint density at radius 2 is 1.74 bits per heavy atom. The molecule has 0 saturated carbocycles. The fraction of sp³-hybridized carbons (Fsp3) is 0.429. The van der Waals surface area contributed by atoms with Crippen molar-refractivity contribution in [2.45, 2.75) is 46.6 Å². The number of Topliss-reactive ketones (excluding diaryl/α,β-unsaturated/α-hetero) is 1. The van der Waals surface area contributed by atoms with E-state index in [0.717, 1.165) is 38.0 Å². The third kappa shape index (κ3) is 5.50. The number of aryl methyl sites for hydroxylation is 1. The molecule has 0 spiro atoms. The van der Waals surface area contributed by atoms with Crippen LogP contribution in [-0.4, -0.2) is 59.4 Å². The van der Waals surface area contributed by atoms with E-state index >= 15 is 0 Å². The van der Waals surface area contributed by atoms with Crippen LogP contribution in [0.3, 0.4) is 0 Å². The molecule has 0 aromatic heterocycles. The first kappa shape index (κ1) is 25.5. The summed E-state index contributed by atoms with van der Waals surface area (Å²) in [5.41, 5.74) is 2.58. The zero-order chi connectivity index (χ0) is 24.7. The maximum Gasteiger partial charge on any atom is 0.295 e. The average Bonchev–Trinajstić information content (AvgIpc) is 3.11. The van der Waals surface area contributed by atoms with Crippen molar-refractivity contribution in [1.82, 2.24) is 9.80 Å². The molecular weight excluding hydrogens is 428 g/mol. The number of ketones is 1. The van der Waals surface area contributed by atoms with Gasteiger partial charge in [0.1, 0.15) is 11.5 Å². The fourth-order valence-electron chi connectivity index (χ4n) is 4.45. The lowest BCUT2D eigenvalue weighted by Gasteiger charge is -2.27. The van der Waals surface area contributed by atoms with Crippen molar-refractivity contribution < 1.29 is 19.4 Å². The number of carbonyl (C=O) groups is 2.